The van der Waals surface area contributed by atoms with E-state index in [-0.39, 0.29) is 0 Å². The van der Waals surface area contributed by atoms with Crippen LogP contribution < -0.4 is 0 Å². The summed E-state index contributed by atoms with van der Waals surface area (Å²) < 4.78 is 2.37. The normalized spacial score (nSPS) is 23.2. The lowest BCUT2D eigenvalue weighted by Gasteiger charge is -2.34. The molecule has 13 heavy (non-hydrogen) atoms. The van der Waals surface area contributed by atoms with Crippen LogP contribution in [0.25, 0.3) is 0 Å². The molecule has 0 amide bonds. The number of aromatic nitrogens is 1. The van der Waals surface area contributed by atoms with Crippen LogP contribution in [0.15, 0.2) is 24.5 Å². The number of hydrogen-bond donors (Lipinski definition) is 0. The molecule has 0 aromatic carbocycles. The standard InChI is InChI=1S/C12H19N/c1-12(2)7-5-11(6-8-12)13-9-3-4-10-13/h3-4,9-11H,5-8H2,1-2H3. The summed E-state index contributed by atoms with van der Waals surface area (Å²) in [6.45, 7) is 4.78. The highest BCUT2D eigenvalue weighted by molar-refractivity contribution is 4.94. The van der Waals surface area contributed by atoms with E-state index in [1.165, 1.54) is 25.7 Å². The molecular weight excluding hydrogens is 158 g/mol. The second-order valence-electron chi connectivity index (χ2n) is 5.03. The predicted octanol–water partition coefficient (Wildman–Crippen LogP) is 3.63. The Bertz CT molecular complexity index is 249. The Kier molecular flexibility index (Phi) is 2.19. The highest BCUT2D eigenvalue weighted by Crippen LogP contribution is 2.39. The first-order chi connectivity index (χ1) is 6.17. The maximum Gasteiger partial charge on any atom is 0.0331 e. The monoisotopic (exact) mass is 177 g/mol. The smallest absolute Gasteiger partial charge is 0.0331 e. The number of rotatable bonds is 1. The molecular formula is C12H19N. The van der Waals surface area contributed by atoms with Gasteiger partial charge in [0.1, 0.15) is 0 Å². The average Bonchev–Trinajstić information content (AvgIpc) is 2.56. The molecule has 2 rings (SSSR count). The zero-order valence-corrected chi connectivity index (χ0v) is 8.66. The van der Waals surface area contributed by atoms with Crippen LogP contribution >= 0.6 is 0 Å². The minimum absolute atomic E-state index is 0.587. The van der Waals surface area contributed by atoms with Gasteiger partial charge in [0.2, 0.25) is 0 Å². The molecule has 1 aromatic rings. The molecule has 0 saturated heterocycles. The zero-order valence-electron chi connectivity index (χ0n) is 8.66. The SMILES string of the molecule is CC1(C)CCC(n2cccc2)CC1. The third-order valence-electron chi connectivity index (χ3n) is 3.36. The fourth-order valence-corrected chi connectivity index (χ4v) is 2.27. The van der Waals surface area contributed by atoms with Crippen molar-refractivity contribution in [2.45, 2.75) is 45.6 Å². The van der Waals surface area contributed by atoms with E-state index in [1.807, 2.05) is 0 Å². The lowest BCUT2D eigenvalue weighted by molar-refractivity contribution is 0.194. The largest absolute Gasteiger partial charge is 0.351 e. The Morgan fingerprint density at radius 1 is 1.08 bits per heavy atom. The van der Waals surface area contributed by atoms with Crippen LogP contribution in [0.1, 0.15) is 45.6 Å². The van der Waals surface area contributed by atoms with Crippen LogP contribution in [-0.2, 0) is 0 Å². The molecule has 1 heterocycles. The van der Waals surface area contributed by atoms with E-state index in [0.717, 1.165) is 6.04 Å². The van der Waals surface area contributed by atoms with Gasteiger partial charge in [0.25, 0.3) is 0 Å². The van der Waals surface area contributed by atoms with Crippen molar-refractivity contribution in [2.24, 2.45) is 5.41 Å². The van der Waals surface area contributed by atoms with Crippen molar-refractivity contribution < 1.29 is 0 Å². The summed E-state index contributed by atoms with van der Waals surface area (Å²) in [4.78, 5) is 0. The maximum absolute atomic E-state index is 2.39. The van der Waals surface area contributed by atoms with E-state index in [1.54, 1.807) is 0 Å². The summed E-state index contributed by atoms with van der Waals surface area (Å²) in [7, 11) is 0. The van der Waals surface area contributed by atoms with E-state index in [2.05, 4.69) is 42.9 Å². The summed E-state index contributed by atoms with van der Waals surface area (Å²) in [5, 5.41) is 0. The molecule has 1 heteroatoms. The quantitative estimate of drug-likeness (QED) is 0.617. The molecule has 0 spiro atoms. The topological polar surface area (TPSA) is 4.93 Å². The van der Waals surface area contributed by atoms with Gasteiger partial charge in [-0.3, -0.25) is 0 Å². The molecule has 0 radical (unpaired) electrons. The molecule has 0 bridgehead atoms. The Morgan fingerprint density at radius 3 is 2.15 bits per heavy atom. The Morgan fingerprint density at radius 2 is 1.62 bits per heavy atom. The lowest BCUT2D eigenvalue weighted by Crippen LogP contribution is -2.22. The van der Waals surface area contributed by atoms with E-state index in [9.17, 15) is 0 Å². The maximum atomic E-state index is 2.39. The third-order valence-corrected chi connectivity index (χ3v) is 3.36. The first-order valence-electron chi connectivity index (χ1n) is 5.30. The molecule has 1 aliphatic rings. The van der Waals surface area contributed by atoms with Crippen molar-refractivity contribution in [3.8, 4) is 0 Å². The van der Waals surface area contributed by atoms with Gasteiger partial charge in [-0.2, -0.15) is 0 Å². The minimum Gasteiger partial charge on any atom is -0.351 e. The Balaban J connectivity index is 1.99. The molecule has 1 aliphatic carbocycles. The fraction of sp³-hybridized carbons (Fsp3) is 0.667. The molecule has 72 valence electrons. The van der Waals surface area contributed by atoms with E-state index >= 15 is 0 Å². The summed E-state index contributed by atoms with van der Waals surface area (Å²) in [6.07, 6.45) is 9.83. The Labute approximate surface area is 80.8 Å². The summed E-state index contributed by atoms with van der Waals surface area (Å²) in [6, 6.07) is 5.02. The zero-order chi connectivity index (χ0) is 9.31. The van der Waals surface area contributed by atoms with Gasteiger partial charge in [0, 0.05) is 18.4 Å². The summed E-state index contributed by atoms with van der Waals surface area (Å²) in [5.74, 6) is 0. The van der Waals surface area contributed by atoms with Crippen LogP contribution in [0.5, 0.6) is 0 Å². The molecule has 1 nitrogen and oxygen atoms in total. The first-order valence-corrected chi connectivity index (χ1v) is 5.30. The molecule has 1 aromatic heterocycles. The van der Waals surface area contributed by atoms with Gasteiger partial charge in [-0.1, -0.05) is 13.8 Å². The minimum atomic E-state index is 0.587. The van der Waals surface area contributed by atoms with Gasteiger partial charge in [0.05, 0.1) is 0 Å². The van der Waals surface area contributed by atoms with Gasteiger partial charge in [-0.05, 0) is 43.2 Å². The van der Waals surface area contributed by atoms with Crippen LogP contribution in [0.4, 0.5) is 0 Å². The molecule has 1 saturated carbocycles. The van der Waals surface area contributed by atoms with Gasteiger partial charge in [0.15, 0.2) is 0 Å². The predicted molar refractivity (Wildman–Crippen MR) is 55.7 cm³/mol. The van der Waals surface area contributed by atoms with E-state index < -0.39 is 0 Å². The molecule has 0 atom stereocenters. The first kappa shape index (κ1) is 8.86. The second kappa shape index (κ2) is 3.21. The van der Waals surface area contributed by atoms with Crippen molar-refractivity contribution in [1.29, 1.82) is 0 Å². The van der Waals surface area contributed by atoms with E-state index in [0.29, 0.717) is 5.41 Å². The Hall–Kier alpha value is -0.720. The van der Waals surface area contributed by atoms with Crippen molar-refractivity contribution >= 4 is 0 Å². The lowest BCUT2D eigenvalue weighted by atomic mass is 9.75. The third kappa shape index (κ3) is 1.96. The van der Waals surface area contributed by atoms with Gasteiger partial charge in [-0.25, -0.2) is 0 Å². The van der Waals surface area contributed by atoms with Gasteiger partial charge < -0.3 is 4.57 Å². The molecule has 0 unspecified atom stereocenters. The van der Waals surface area contributed by atoms with E-state index in [4.69, 9.17) is 0 Å². The molecule has 0 aliphatic heterocycles. The van der Waals surface area contributed by atoms with Crippen molar-refractivity contribution in [2.75, 3.05) is 0 Å². The van der Waals surface area contributed by atoms with Crippen LogP contribution in [0, 0.1) is 5.41 Å². The summed E-state index contributed by atoms with van der Waals surface area (Å²) >= 11 is 0. The van der Waals surface area contributed by atoms with Crippen molar-refractivity contribution in [3.63, 3.8) is 0 Å². The van der Waals surface area contributed by atoms with Crippen LogP contribution in [-0.4, -0.2) is 4.57 Å². The van der Waals surface area contributed by atoms with Gasteiger partial charge in [-0.15, -0.1) is 0 Å². The number of nitrogens with zero attached hydrogens (tertiary/aromatic N) is 1. The number of hydrogen-bond acceptors (Lipinski definition) is 0. The van der Waals surface area contributed by atoms with Gasteiger partial charge >= 0.3 is 0 Å². The molecule has 1 fully saturated rings. The highest BCUT2D eigenvalue weighted by Gasteiger charge is 2.26. The van der Waals surface area contributed by atoms with Crippen LogP contribution in [0.3, 0.4) is 0 Å². The van der Waals surface area contributed by atoms with Crippen molar-refractivity contribution in [3.05, 3.63) is 24.5 Å². The second-order valence-corrected chi connectivity index (χ2v) is 5.03. The molecule has 0 N–H and O–H groups in total. The highest BCUT2D eigenvalue weighted by atomic mass is 15.0. The average molecular weight is 177 g/mol. The fourth-order valence-electron chi connectivity index (χ4n) is 2.27. The summed E-state index contributed by atoms with van der Waals surface area (Å²) in [5.41, 5.74) is 0.587. The van der Waals surface area contributed by atoms with Crippen molar-refractivity contribution in [1.82, 2.24) is 4.57 Å². The van der Waals surface area contributed by atoms with Crippen LogP contribution in [0.2, 0.25) is 0 Å².